The lowest BCUT2D eigenvalue weighted by atomic mass is 9.78. The number of aliphatic hydroxyl groups is 1. The van der Waals surface area contributed by atoms with Gasteiger partial charge in [0.1, 0.15) is 0 Å². The third kappa shape index (κ3) is 4.00. The van der Waals surface area contributed by atoms with Gasteiger partial charge in [0, 0.05) is 8.48 Å². The van der Waals surface area contributed by atoms with Crippen molar-refractivity contribution in [2.24, 2.45) is 5.41 Å². The van der Waals surface area contributed by atoms with Gasteiger partial charge in [-0.1, -0.05) is 50.7 Å². The van der Waals surface area contributed by atoms with Crippen LogP contribution in [0.15, 0.2) is 44.2 Å². The van der Waals surface area contributed by atoms with E-state index in [4.69, 9.17) is 0 Å². The maximum Gasteiger partial charge on any atom is 0.0977 e. The van der Waals surface area contributed by atoms with Crippen LogP contribution < -0.4 is 0 Å². The van der Waals surface area contributed by atoms with Crippen LogP contribution in [-0.2, 0) is 0 Å². The standard InChI is InChI=1S/C14H19IOS/c1-13(2,3)14(4,16)12(15)10-17-11-8-6-5-7-9-11/h5-10,16H,1-4H3/b12-10-. The zero-order chi connectivity index (χ0) is 13.1. The molecule has 94 valence electrons. The van der Waals surface area contributed by atoms with Crippen molar-refractivity contribution >= 4 is 34.4 Å². The van der Waals surface area contributed by atoms with Gasteiger partial charge in [-0.15, -0.1) is 0 Å². The molecular weight excluding hydrogens is 343 g/mol. The Kier molecular flexibility index (Phi) is 5.10. The van der Waals surface area contributed by atoms with E-state index in [1.807, 2.05) is 51.3 Å². The molecule has 0 saturated heterocycles. The topological polar surface area (TPSA) is 20.2 Å². The molecule has 0 saturated carbocycles. The highest BCUT2D eigenvalue weighted by atomic mass is 127. The second-order valence-electron chi connectivity index (χ2n) is 5.22. The molecule has 0 aliphatic carbocycles. The van der Waals surface area contributed by atoms with E-state index in [-0.39, 0.29) is 5.41 Å². The number of rotatable bonds is 3. The van der Waals surface area contributed by atoms with E-state index in [0.29, 0.717) is 0 Å². The predicted molar refractivity (Wildman–Crippen MR) is 84.5 cm³/mol. The van der Waals surface area contributed by atoms with Crippen molar-refractivity contribution in [3.8, 4) is 0 Å². The van der Waals surface area contributed by atoms with E-state index >= 15 is 0 Å². The van der Waals surface area contributed by atoms with Crippen LogP contribution in [0.4, 0.5) is 0 Å². The van der Waals surface area contributed by atoms with Gasteiger partial charge in [-0.3, -0.25) is 0 Å². The molecule has 0 aliphatic heterocycles. The molecule has 0 bridgehead atoms. The number of hydrogen-bond acceptors (Lipinski definition) is 2. The van der Waals surface area contributed by atoms with Crippen molar-refractivity contribution in [3.05, 3.63) is 39.3 Å². The zero-order valence-electron chi connectivity index (χ0n) is 10.7. The molecule has 1 atom stereocenters. The maximum atomic E-state index is 10.5. The van der Waals surface area contributed by atoms with Crippen LogP contribution in [0.25, 0.3) is 0 Å². The Morgan fingerprint density at radius 3 is 2.18 bits per heavy atom. The first kappa shape index (κ1) is 15.1. The molecule has 0 heterocycles. The first-order chi connectivity index (χ1) is 7.75. The van der Waals surface area contributed by atoms with Crippen LogP contribution in [0.3, 0.4) is 0 Å². The van der Waals surface area contributed by atoms with Crippen molar-refractivity contribution < 1.29 is 5.11 Å². The highest BCUT2D eigenvalue weighted by Crippen LogP contribution is 2.40. The van der Waals surface area contributed by atoms with Gasteiger partial charge in [-0.05, 0) is 52.5 Å². The lowest BCUT2D eigenvalue weighted by Gasteiger charge is -2.37. The molecule has 1 aromatic carbocycles. The SMILES string of the molecule is CC(C)(C)C(C)(O)/C(I)=C/Sc1ccccc1. The fourth-order valence-electron chi connectivity index (χ4n) is 1.09. The van der Waals surface area contributed by atoms with Crippen LogP contribution in [0.5, 0.6) is 0 Å². The Morgan fingerprint density at radius 1 is 1.18 bits per heavy atom. The van der Waals surface area contributed by atoms with Crippen molar-refractivity contribution in [1.82, 2.24) is 0 Å². The second kappa shape index (κ2) is 5.76. The molecule has 0 aliphatic rings. The zero-order valence-corrected chi connectivity index (χ0v) is 13.7. The van der Waals surface area contributed by atoms with Gasteiger partial charge in [0.05, 0.1) is 5.60 Å². The van der Waals surface area contributed by atoms with Gasteiger partial charge in [0.25, 0.3) is 0 Å². The highest BCUT2D eigenvalue weighted by Gasteiger charge is 2.37. The monoisotopic (exact) mass is 362 g/mol. The van der Waals surface area contributed by atoms with Gasteiger partial charge < -0.3 is 5.11 Å². The molecule has 1 rings (SSSR count). The maximum absolute atomic E-state index is 10.5. The molecule has 0 spiro atoms. The van der Waals surface area contributed by atoms with Crippen molar-refractivity contribution in [1.29, 1.82) is 0 Å². The number of benzene rings is 1. The Bertz CT molecular complexity index is 390. The molecule has 1 unspecified atom stereocenters. The molecule has 1 nitrogen and oxygen atoms in total. The van der Waals surface area contributed by atoms with E-state index in [1.54, 1.807) is 11.8 Å². The second-order valence-corrected chi connectivity index (χ2v) is 7.32. The molecule has 3 heteroatoms. The summed E-state index contributed by atoms with van der Waals surface area (Å²) in [6, 6.07) is 10.2. The quantitative estimate of drug-likeness (QED) is 0.613. The van der Waals surface area contributed by atoms with Gasteiger partial charge in [0.2, 0.25) is 0 Å². The molecule has 0 aromatic heterocycles. The third-order valence-electron chi connectivity index (χ3n) is 2.97. The van der Waals surface area contributed by atoms with Crippen molar-refractivity contribution in [3.63, 3.8) is 0 Å². The van der Waals surface area contributed by atoms with Crippen molar-refractivity contribution in [2.75, 3.05) is 0 Å². The van der Waals surface area contributed by atoms with Crippen LogP contribution >= 0.6 is 34.4 Å². The summed E-state index contributed by atoms with van der Waals surface area (Å²) < 4.78 is 0.969. The first-order valence-corrected chi connectivity index (χ1v) is 7.51. The average molecular weight is 362 g/mol. The largest absolute Gasteiger partial charge is 0.384 e. The number of halogens is 1. The first-order valence-electron chi connectivity index (χ1n) is 5.55. The molecule has 0 amide bonds. The molecule has 17 heavy (non-hydrogen) atoms. The number of hydrogen-bond donors (Lipinski definition) is 1. The minimum Gasteiger partial charge on any atom is -0.384 e. The summed E-state index contributed by atoms with van der Waals surface area (Å²) in [5.41, 5.74) is -0.966. The van der Waals surface area contributed by atoms with Gasteiger partial charge in [-0.2, -0.15) is 0 Å². The van der Waals surface area contributed by atoms with E-state index in [0.717, 1.165) is 3.58 Å². The van der Waals surface area contributed by atoms with E-state index < -0.39 is 5.60 Å². The summed E-state index contributed by atoms with van der Waals surface area (Å²) >= 11 is 3.87. The molecule has 1 aromatic rings. The van der Waals surface area contributed by atoms with Crippen LogP contribution in [0.1, 0.15) is 27.7 Å². The minimum absolute atomic E-state index is 0.169. The Morgan fingerprint density at radius 2 is 1.71 bits per heavy atom. The normalized spacial score (nSPS) is 16.7. The van der Waals surface area contributed by atoms with Crippen LogP contribution in [0, 0.1) is 5.41 Å². The summed E-state index contributed by atoms with van der Waals surface area (Å²) in [6.07, 6.45) is 0. The molecule has 1 N–H and O–H groups in total. The highest BCUT2D eigenvalue weighted by molar-refractivity contribution is 14.1. The van der Waals surface area contributed by atoms with Gasteiger partial charge in [0.15, 0.2) is 0 Å². The lowest BCUT2D eigenvalue weighted by molar-refractivity contribution is 0.00208. The average Bonchev–Trinajstić information content (AvgIpc) is 2.25. The molecular formula is C14H19IOS. The van der Waals surface area contributed by atoms with Gasteiger partial charge in [-0.25, -0.2) is 0 Å². The summed E-state index contributed by atoms with van der Waals surface area (Å²) in [5.74, 6) is 0. The third-order valence-corrected chi connectivity index (χ3v) is 5.65. The molecule has 0 radical (unpaired) electrons. The van der Waals surface area contributed by atoms with Crippen molar-refractivity contribution in [2.45, 2.75) is 38.2 Å². The fourth-order valence-corrected chi connectivity index (χ4v) is 3.07. The summed E-state index contributed by atoms with van der Waals surface area (Å²) in [7, 11) is 0. The lowest BCUT2D eigenvalue weighted by Crippen LogP contribution is -2.39. The Balaban J connectivity index is 2.80. The smallest absolute Gasteiger partial charge is 0.0977 e. The minimum atomic E-state index is -0.796. The Hall–Kier alpha value is -0.000000000000000111. The summed E-state index contributed by atoms with van der Waals surface area (Å²) in [6.45, 7) is 8.02. The van der Waals surface area contributed by atoms with E-state index in [1.165, 1.54) is 4.90 Å². The van der Waals surface area contributed by atoms with Gasteiger partial charge >= 0.3 is 0 Å². The Labute approximate surface area is 122 Å². The van der Waals surface area contributed by atoms with E-state index in [2.05, 4.69) is 34.7 Å². The van der Waals surface area contributed by atoms with Crippen LogP contribution in [0.2, 0.25) is 0 Å². The summed E-state index contributed by atoms with van der Waals surface area (Å²) in [5, 5.41) is 12.5. The van der Waals surface area contributed by atoms with E-state index in [9.17, 15) is 5.11 Å². The summed E-state index contributed by atoms with van der Waals surface area (Å²) in [4.78, 5) is 1.19. The molecule has 0 fully saturated rings. The predicted octanol–water partition coefficient (Wildman–Crippen LogP) is 4.85. The number of thioether (sulfide) groups is 1. The van der Waals surface area contributed by atoms with Crippen LogP contribution in [-0.4, -0.2) is 10.7 Å². The fraction of sp³-hybridized carbons (Fsp3) is 0.429.